The van der Waals surface area contributed by atoms with Gasteiger partial charge in [-0.15, -0.1) is 11.8 Å². The van der Waals surface area contributed by atoms with Gasteiger partial charge in [0.2, 0.25) is 0 Å². The third kappa shape index (κ3) is 3.45. The maximum atomic E-state index is 12.6. The van der Waals surface area contributed by atoms with E-state index in [2.05, 4.69) is 10.2 Å². The molecule has 0 spiro atoms. The molecule has 150 valence electrons. The normalized spacial score (nSPS) is 27.1. The van der Waals surface area contributed by atoms with Crippen molar-refractivity contribution in [3.63, 3.8) is 0 Å². The van der Waals surface area contributed by atoms with Crippen LogP contribution in [0, 0.1) is 5.92 Å². The molecule has 2 N–H and O–H groups in total. The van der Waals surface area contributed by atoms with Crippen LogP contribution in [0.2, 0.25) is 0 Å². The number of hydrogen-bond donors (Lipinski definition) is 2. The average molecular weight is 405 g/mol. The number of aliphatic hydroxyl groups excluding tert-OH is 1. The minimum atomic E-state index is -1.08. The number of rotatable bonds is 4. The summed E-state index contributed by atoms with van der Waals surface area (Å²) in [5.74, 6) is -0.341. The first kappa shape index (κ1) is 19.1. The molecule has 4 rings (SSSR count). The first-order chi connectivity index (χ1) is 13.6. The van der Waals surface area contributed by atoms with Crippen LogP contribution < -0.4 is 5.32 Å². The fourth-order valence-corrected chi connectivity index (χ4v) is 4.87. The van der Waals surface area contributed by atoms with Crippen LogP contribution in [0.3, 0.4) is 0 Å². The van der Waals surface area contributed by atoms with Crippen molar-refractivity contribution < 1.29 is 23.8 Å². The number of amides is 1. The first-order valence-electron chi connectivity index (χ1n) is 9.35. The van der Waals surface area contributed by atoms with Crippen molar-refractivity contribution in [2.75, 3.05) is 32.8 Å². The molecule has 0 aromatic carbocycles. The monoisotopic (exact) mass is 405 g/mol. The van der Waals surface area contributed by atoms with E-state index in [1.54, 1.807) is 35.7 Å². The zero-order valence-electron chi connectivity index (χ0n) is 15.5. The van der Waals surface area contributed by atoms with Crippen LogP contribution in [-0.4, -0.2) is 71.2 Å². The van der Waals surface area contributed by atoms with E-state index in [1.807, 2.05) is 11.5 Å². The number of aliphatic hydroxyl groups is 1. The maximum absolute atomic E-state index is 12.6. The highest BCUT2D eigenvalue weighted by Crippen LogP contribution is 2.40. The summed E-state index contributed by atoms with van der Waals surface area (Å²) in [6.07, 6.45) is 2.45. The van der Waals surface area contributed by atoms with Crippen molar-refractivity contribution >= 4 is 23.6 Å². The van der Waals surface area contributed by atoms with Gasteiger partial charge in [0.05, 0.1) is 18.2 Å². The number of nitrogens with zero attached hydrogens (tertiary/aromatic N) is 2. The van der Waals surface area contributed by atoms with Crippen LogP contribution in [-0.2, 0) is 9.53 Å². The van der Waals surface area contributed by atoms with Crippen molar-refractivity contribution in [1.82, 2.24) is 15.1 Å². The largest absolute Gasteiger partial charge is 0.462 e. The molecule has 9 heteroatoms. The van der Waals surface area contributed by atoms with Gasteiger partial charge in [0.1, 0.15) is 11.8 Å². The highest BCUT2D eigenvalue weighted by molar-refractivity contribution is 8.03. The Morgan fingerprint density at radius 1 is 1.36 bits per heavy atom. The molecule has 28 heavy (non-hydrogen) atoms. The Morgan fingerprint density at radius 3 is 2.82 bits per heavy atom. The van der Waals surface area contributed by atoms with E-state index >= 15 is 0 Å². The highest BCUT2D eigenvalue weighted by Gasteiger charge is 2.43. The molecular weight excluding hydrogens is 382 g/mol. The molecule has 1 amide bonds. The van der Waals surface area contributed by atoms with Crippen molar-refractivity contribution in [3.05, 3.63) is 46.9 Å². The number of esters is 1. The van der Waals surface area contributed by atoms with Gasteiger partial charge in [-0.25, -0.2) is 4.79 Å². The zero-order valence-corrected chi connectivity index (χ0v) is 16.4. The second kappa shape index (κ2) is 8.02. The van der Waals surface area contributed by atoms with Crippen molar-refractivity contribution in [2.45, 2.75) is 18.5 Å². The molecule has 1 fully saturated rings. The van der Waals surface area contributed by atoms with Gasteiger partial charge in [-0.05, 0) is 24.5 Å². The lowest BCUT2D eigenvalue weighted by atomic mass is 9.93. The third-order valence-electron chi connectivity index (χ3n) is 5.16. The molecule has 1 aromatic rings. The number of carbonyl (C=O) groups excluding carboxylic acids is 2. The smallest absolute Gasteiger partial charge is 0.339 e. The highest BCUT2D eigenvalue weighted by atomic mass is 32.2. The Hall–Kier alpha value is -2.23. The average Bonchev–Trinajstić information content (AvgIpc) is 3.38. The van der Waals surface area contributed by atoms with Gasteiger partial charge >= 0.3 is 5.97 Å². The molecule has 8 nitrogen and oxygen atoms in total. The molecule has 0 saturated carbocycles. The quantitative estimate of drug-likeness (QED) is 0.716. The molecule has 1 aromatic heterocycles. The van der Waals surface area contributed by atoms with E-state index < -0.39 is 12.2 Å². The number of piperazine rings is 1. The van der Waals surface area contributed by atoms with Crippen LogP contribution >= 0.6 is 11.8 Å². The zero-order chi connectivity index (χ0) is 19.7. The molecule has 3 aliphatic rings. The molecular formula is C19H23N3O5S. The first-order valence-corrected chi connectivity index (χ1v) is 10.3. The summed E-state index contributed by atoms with van der Waals surface area (Å²) < 4.78 is 10.4. The minimum absolute atomic E-state index is 0.0223. The topological polar surface area (TPSA) is 95.2 Å². The number of thioether (sulfide) groups is 1. The lowest BCUT2D eigenvalue weighted by Crippen LogP contribution is -2.55. The summed E-state index contributed by atoms with van der Waals surface area (Å²) in [5.41, 5.74) is 1.06. The van der Waals surface area contributed by atoms with Gasteiger partial charge in [0, 0.05) is 37.8 Å². The van der Waals surface area contributed by atoms with Gasteiger partial charge in [-0.1, -0.05) is 6.08 Å². The second-order valence-electron chi connectivity index (χ2n) is 6.76. The minimum Gasteiger partial charge on any atom is -0.462 e. The summed E-state index contributed by atoms with van der Waals surface area (Å²) in [7, 11) is 0. The molecule has 3 unspecified atom stereocenters. The maximum Gasteiger partial charge on any atom is 0.339 e. The summed E-state index contributed by atoms with van der Waals surface area (Å²) >= 11 is 1.59. The molecule has 1 saturated heterocycles. The Balaban J connectivity index is 1.56. The number of furan rings is 1. The molecule has 0 bridgehead atoms. The number of ether oxygens (including phenoxy) is 1. The standard InChI is InChI=1S/C19H23N3O5S/c1-2-26-19(25)14-15(12-5-11-28-17(12)20-16(14)23)21-6-8-22(9-7-21)18(24)13-4-3-10-27-13/h3-5,10-12,16-17,20,23H,2,6-9H2,1H3. The summed E-state index contributed by atoms with van der Waals surface area (Å²) in [6, 6.07) is 3.35. The number of hydrogen-bond acceptors (Lipinski definition) is 8. The molecule has 0 radical (unpaired) electrons. The lowest BCUT2D eigenvalue weighted by molar-refractivity contribution is -0.140. The van der Waals surface area contributed by atoms with Crippen LogP contribution in [0.15, 0.2) is 45.6 Å². The van der Waals surface area contributed by atoms with Gasteiger partial charge in [0.25, 0.3) is 5.91 Å². The summed E-state index contributed by atoms with van der Waals surface area (Å²) in [5, 5.41) is 15.6. The van der Waals surface area contributed by atoms with Crippen LogP contribution in [0.25, 0.3) is 0 Å². The SMILES string of the molecule is CCOC(=O)C1=C(N2CCN(C(=O)c3ccco3)CC2)C2C=CSC2NC1O. The Labute approximate surface area is 167 Å². The molecule has 4 heterocycles. The Bertz CT molecular complexity index is 799. The van der Waals surface area contributed by atoms with E-state index in [9.17, 15) is 14.7 Å². The van der Waals surface area contributed by atoms with Crippen LogP contribution in [0.5, 0.6) is 0 Å². The van der Waals surface area contributed by atoms with E-state index in [-0.39, 0.29) is 29.4 Å². The van der Waals surface area contributed by atoms with E-state index in [0.29, 0.717) is 31.9 Å². The summed E-state index contributed by atoms with van der Waals surface area (Å²) in [6.45, 7) is 4.15. The number of carbonyl (C=O) groups is 2. The number of fused-ring (bicyclic) bond motifs is 1. The third-order valence-corrected chi connectivity index (χ3v) is 6.20. The van der Waals surface area contributed by atoms with Crippen LogP contribution in [0.4, 0.5) is 0 Å². The van der Waals surface area contributed by atoms with Crippen molar-refractivity contribution in [3.8, 4) is 0 Å². The van der Waals surface area contributed by atoms with Crippen LogP contribution in [0.1, 0.15) is 17.5 Å². The van der Waals surface area contributed by atoms with Crippen molar-refractivity contribution in [1.29, 1.82) is 0 Å². The van der Waals surface area contributed by atoms with E-state index in [1.165, 1.54) is 6.26 Å². The van der Waals surface area contributed by atoms with Gasteiger partial charge in [-0.2, -0.15) is 0 Å². The van der Waals surface area contributed by atoms with E-state index in [0.717, 1.165) is 5.70 Å². The predicted molar refractivity (Wildman–Crippen MR) is 103 cm³/mol. The van der Waals surface area contributed by atoms with Crippen molar-refractivity contribution in [2.24, 2.45) is 5.92 Å². The molecule has 3 aliphatic heterocycles. The molecule has 3 atom stereocenters. The Kier molecular flexibility index (Phi) is 5.47. The van der Waals surface area contributed by atoms with Gasteiger partial charge < -0.3 is 24.1 Å². The summed E-state index contributed by atoms with van der Waals surface area (Å²) in [4.78, 5) is 28.9. The fourth-order valence-electron chi connectivity index (χ4n) is 3.85. The predicted octanol–water partition coefficient (Wildman–Crippen LogP) is 0.979. The van der Waals surface area contributed by atoms with Gasteiger partial charge in [0.15, 0.2) is 5.76 Å². The lowest BCUT2D eigenvalue weighted by Gasteiger charge is -2.43. The second-order valence-corrected chi connectivity index (χ2v) is 7.81. The Morgan fingerprint density at radius 2 is 2.14 bits per heavy atom. The molecule has 0 aliphatic carbocycles. The number of nitrogens with one attached hydrogen (secondary N) is 1. The fraction of sp³-hybridized carbons (Fsp3) is 0.474. The van der Waals surface area contributed by atoms with Gasteiger partial charge in [-0.3, -0.25) is 10.1 Å². The van der Waals surface area contributed by atoms with E-state index in [4.69, 9.17) is 9.15 Å².